The Balaban J connectivity index is 1.93. The highest BCUT2D eigenvalue weighted by Crippen LogP contribution is 2.17. The topological polar surface area (TPSA) is 97.1 Å². The zero-order valence-corrected chi connectivity index (χ0v) is 17.2. The van der Waals surface area contributed by atoms with E-state index in [4.69, 9.17) is 0 Å². The Hall–Kier alpha value is -2.94. The molecule has 0 unspecified atom stereocenters. The molecule has 0 aliphatic heterocycles. The maximum absolute atomic E-state index is 12.3. The maximum atomic E-state index is 12.3. The van der Waals surface area contributed by atoms with Gasteiger partial charge in [0, 0.05) is 18.1 Å². The van der Waals surface area contributed by atoms with Gasteiger partial charge in [-0.2, -0.15) is 10.1 Å². The molecule has 0 bridgehead atoms. The number of nitrogens with zero attached hydrogens (tertiary/aromatic N) is 4. The molecule has 9 heteroatoms. The molecule has 0 fully saturated rings. The van der Waals surface area contributed by atoms with E-state index < -0.39 is 11.2 Å². The third kappa shape index (κ3) is 4.30. The smallest absolute Gasteiger partial charge is 0.303 e. The van der Waals surface area contributed by atoms with Crippen LogP contribution in [0.1, 0.15) is 25.3 Å². The minimum atomic E-state index is -0.499. The lowest BCUT2D eigenvalue weighted by molar-refractivity contribution is 0.647. The Morgan fingerprint density at radius 1 is 1.32 bits per heavy atom. The van der Waals surface area contributed by atoms with Crippen molar-refractivity contribution < 1.29 is 0 Å². The summed E-state index contributed by atoms with van der Waals surface area (Å²) in [6, 6.07) is 9.84. The lowest BCUT2D eigenvalue weighted by Gasteiger charge is -2.06. The number of nitrogens with one attached hydrogen (secondary N) is 2. The van der Waals surface area contributed by atoms with Gasteiger partial charge in [0.1, 0.15) is 0 Å². The van der Waals surface area contributed by atoms with Crippen LogP contribution in [0.3, 0.4) is 0 Å². The lowest BCUT2D eigenvalue weighted by atomic mass is 10.2. The molecule has 8 nitrogen and oxygen atoms in total. The van der Waals surface area contributed by atoms with E-state index in [1.165, 1.54) is 4.57 Å². The first-order valence-corrected chi connectivity index (χ1v) is 9.71. The van der Waals surface area contributed by atoms with Crippen LogP contribution in [0.2, 0.25) is 0 Å². The molecule has 2 heterocycles. The number of anilines is 1. The number of aromatic nitrogens is 4. The monoisotopic (exact) mass is 444 g/mol. The predicted octanol–water partition coefficient (Wildman–Crippen LogP) is 3.06. The summed E-state index contributed by atoms with van der Waals surface area (Å²) in [5.74, 6) is 0.409. The highest BCUT2D eigenvalue weighted by molar-refractivity contribution is 9.12. The number of unbranched alkanes of at least 4 members (excludes halogenated alkanes) is 1. The molecule has 0 spiro atoms. The van der Waals surface area contributed by atoms with E-state index in [0.717, 1.165) is 22.9 Å². The van der Waals surface area contributed by atoms with Crippen molar-refractivity contribution in [2.45, 2.75) is 26.3 Å². The molecule has 1 aromatic carbocycles. The number of halogens is 1. The Bertz CT molecular complexity index is 1140. The minimum Gasteiger partial charge on any atom is -0.303 e. The first-order chi connectivity index (χ1) is 13.5. The number of fused-ring (bicyclic) bond motifs is 1. The zero-order valence-electron chi connectivity index (χ0n) is 15.6. The van der Waals surface area contributed by atoms with E-state index in [-0.39, 0.29) is 0 Å². The summed E-state index contributed by atoms with van der Waals surface area (Å²) in [5, 5.41) is 4.21. The molecule has 0 saturated heterocycles. The number of hydrogen-bond acceptors (Lipinski definition) is 5. The predicted molar refractivity (Wildman–Crippen MR) is 116 cm³/mol. The minimum absolute atomic E-state index is 0.321. The largest absolute Gasteiger partial charge is 0.329 e. The summed E-state index contributed by atoms with van der Waals surface area (Å²) < 4.78 is 3.84. The molecular formula is C19H21BrN6O2. The molecule has 0 amide bonds. The van der Waals surface area contributed by atoms with Crippen molar-refractivity contribution in [1.29, 1.82) is 0 Å². The lowest BCUT2D eigenvalue weighted by Crippen LogP contribution is -2.29. The van der Waals surface area contributed by atoms with Crippen LogP contribution in [0.25, 0.3) is 17.2 Å². The average Bonchev–Trinajstić information content (AvgIpc) is 3.04. The SMILES string of the molecule is CCCCn1c(N/N=C\C(Br)=C/c2ccccc2)nc2c1c(=O)[nH]c(=O)n2C. The quantitative estimate of drug-likeness (QED) is 0.432. The number of H-pyrrole nitrogens is 1. The van der Waals surface area contributed by atoms with Gasteiger partial charge in [0.2, 0.25) is 5.95 Å². The van der Waals surface area contributed by atoms with Crippen molar-refractivity contribution in [3.63, 3.8) is 0 Å². The Morgan fingerprint density at radius 2 is 2.07 bits per heavy atom. The number of rotatable bonds is 7. The molecule has 28 heavy (non-hydrogen) atoms. The van der Waals surface area contributed by atoms with Gasteiger partial charge in [-0.15, -0.1) is 0 Å². The van der Waals surface area contributed by atoms with E-state index in [0.29, 0.717) is 23.7 Å². The second kappa shape index (κ2) is 8.83. The summed E-state index contributed by atoms with van der Waals surface area (Å²) in [5.41, 5.74) is 3.64. The van der Waals surface area contributed by atoms with Crippen molar-refractivity contribution >= 4 is 45.3 Å². The fraction of sp³-hybridized carbons (Fsp3) is 0.263. The van der Waals surface area contributed by atoms with Crippen molar-refractivity contribution in [3.05, 3.63) is 61.2 Å². The van der Waals surface area contributed by atoms with Crippen LogP contribution >= 0.6 is 15.9 Å². The number of hydrogen-bond donors (Lipinski definition) is 2. The first-order valence-electron chi connectivity index (χ1n) is 8.92. The third-order valence-corrected chi connectivity index (χ3v) is 4.63. The fourth-order valence-corrected chi connectivity index (χ4v) is 3.12. The number of aromatic amines is 1. The normalized spacial score (nSPS) is 12.2. The van der Waals surface area contributed by atoms with Gasteiger partial charge in [-0.25, -0.2) is 10.2 Å². The van der Waals surface area contributed by atoms with Gasteiger partial charge in [-0.1, -0.05) is 43.7 Å². The molecule has 0 aliphatic rings. The summed E-state index contributed by atoms with van der Waals surface area (Å²) in [7, 11) is 1.57. The van der Waals surface area contributed by atoms with Crippen LogP contribution in [0.5, 0.6) is 0 Å². The number of hydrazone groups is 1. The van der Waals surface area contributed by atoms with E-state index in [9.17, 15) is 9.59 Å². The van der Waals surface area contributed by atoms with Gasteiger partial charge < -0.3 is 4.57 Å². The van der Waals surface area contributed by atoms with E-state index >= 15 is 0 Å². The molecule has 0 radical (unpaired) electrons. The van der Waals surface area contributed by atoms with Gasteiger partial charge in [0.25, 0.3) is 5.56 Å². The summed E-state index contributed by atoms with van der Waals surface area (Å²) in [4.78, 5) is 30.9. The Kier molecular flexibility index (Phi) is 6.25. The Labute approximate surface area is 169 Å². The molecule has 0 atom stereocenters. The van der Waals surface area contributed by atoms with E-state index in [1.807, 2.05) is 36.4 Å². The first kappa shape index (κ1) is 19.8. The van der Waals surface area contributed by atoms with Gasteiger partial charge in [0.05, 0.1) is 6.21 Å². The number of allylic oxidation sites excluding steroid dienone is 1. The maximum Gasteiger partial charge on any atom is 0.329 e. The second-order valence-corrected chi connectivity index (χ2v) is 7.16. The highest BCUT2D eigenvalue weighted by atomic mass is 79.9. The molecule has 0 saturated carbocycles. The van der Waals surface area contributed by atoms with E-state index in [1.54, 1.807) is 17.8 Å². The molecule has 2 N–H and O–H groups in total. The van der Waals surface area contributed by atoms with E-state index in [2.05, 4.69) is 43.3 Å². The number of benzene rings is 1. The Morgan fingerprint density at radius 3 is 2.79 bits per heavy atom. The highest BCUT2D eigenvalue weighted by Gasteiger charge is 2.16. The molecule has 146 valence electrons. The van der Waals surface area contributed by atoms with Crippen LogP contribution in [-0.2, 0) is 13.6 Å². The number of aryl methyl sites for hydroxylation is 2. The molecule has 3 rings (SSSR count). The number of imidazole rings is 1. The average molecular weight is 445 g/mol. The van der Waals surface area contributed by atoms with Gasteiger partial charge in [-0.3, -0.25) is 14.3 Å². The molecular weight excluding hydrogens is 424 g/mol. The molecule has 3 aromatic rings. The van der Waals surface area contributed by atoms with Crippen LogP contribution in [-0.4, -0.2) is 25.3 Å². The second-order valence-electron chi connectivity index (χ2n) is 6.24. The zero-order chi connectivity index (χ0) is 20.1. The van der Waals surface area contributed by atoms with Crippen LogP contribution < -0.4 is 16.7 Å². The summed E-state index contributed by atoms with van der Waals surface area (Å²) in [6.07, 6.45) is 5.36. The van der Waals surface area contributed by atoms with Crippen LogP contribution in [0.15, 0.2) is 49.5 Å². The summed E-state index contributed by atoms with van der Waals surface area (Å²) in [6.45, 7) is 2.66. The molecule has 0 aliphatic carbocycles. The summed E-state index contributed by atoms with van der Waals surface area (Å²) >= 11 is 3.46. The van der Waals surface area contributed by atoms with Crippen molar-refractivity contribution in [3.8, 4) is 0 Å². The van der Waals surface area contributed by atoms with Crippen molar-refractivity contribution in [1.82, 2.24) is 19.1 Å². The van der Waals surface area contributed by atoms with Crippen LogP contribution in [0.4, 0.5) is 5.95 Å². The van der Waals surface area contributed by atoms with Gasteiger partial charge in [-0.05, 0) is 34.0 Å². The van der Waals surface area contributed by atoms with Crippen molar-refractivity contribution in [2.75, 3.05) is 5.43 Å². The molecule has 2 aromatic heterocycles. The van der Waals surface area contributed by atoms with Crippen molar-refractivity contribution in [2.24, 2.45) is 12.1 Å². The third-order valence-electron chi connectivity index (χ3n) is 4.20. The standard InChI is InChI=1S/C19H21BrN6O2/c1-3-4-10-26-15-16(25(2)19(28)23-17(15)27)22-18(26)24-21-12-14(20)11-13-8-6-5-7-9-13/h5-9,11-12H,3-4,10H2,1-2H3,(H,22,24)(H,23,27,28)/b14-11+,21-12-. The van der Waals surface area contributed by atoms with Crippen LogP contribution in [0, 0.1) is 0 Å². The van der Waals surface area contributed by atoms with Gasteiger partial charge >= 0.3 is 5.69 Å². The fourth-order valence-electron chi connectivity index (χ4n) is 2.75. The van der Waals surface area contributed by atoms with Gasteiger partial charge in [0.15, 0.2) is 11.2 Å².